The van der Waals surface area contributed by atoms with E-state index >= 15 is 0 Å². The molecule has 1 amide bonds. The fourth-order valence-corrected chi connectivity index (χ4v) is 3.35. The van der Waals surface area contributed by atoms with Gasteiger partial charge in [-0.15, -0.1) is 0 Å². The van der Waals surface area contributed by atoms with Gasteiger partial charge < -0.3 is 14.4 Å². The Kier molecular flexibility index (Phi) is 5.82. The van der Waals surface area contributed by atoms with Gasteiger partial charge in [-0.2, -0.15) is 0 Å². The Morgan fingerprint density at radius 1 is 1.23 bits per heavy atom. The molecule has 0 aliphatic carbocycles. The van der Waals surface area contributed by atoms with E-state index < -0.39 is 5.69 Å². The molecule has 1 atom stereocenters. The number of piperidine rings is 1. The van der Waals surface area contributed by atoms with Crippen molar-refractivity contribution in [2.45, 2.75) is 31.8 Å². The minimum Gasteiger partial charge on any atom is -0.340 e. The quantitative estimate of drug-likeness (QED) is 0.747. The van der Waals surface area contributed by atoms with Crippen LogP contribution in [0.5, 0.6) is 0 Å². The molecular weight excluding hydrogens is 332 g/mol. The van der Waals surface area contributed by atoms with E-state index in [1.807, 2.05) is 17.3 Å². The maximum absolute atomic E-state index is 12.6. The van der Waals surface area contributed by atoms with E-state index in [0.717, 1.165) is 38.3 Å². The molecule has 0 saturated carbocycles. The van der Waals surface area contributed by atoms with Crippen molar-refractivity contribution in [3.05, 3.63) is 47.2 Å². The maximum atomic E-state index is 12.6. The molecule has 1 aliphatic heterocycles. The Morgan fingerprint density at radius 3 is 2.85 bits per heavy atom. The SMILES string of the molecule is CN(C)CCn1ccnc1C1CCCN(C(=O)Cn2cccnc2=O)C1. The van der Waals surface area contributed by atoms with Gasteiger partial charge in [0.15, 0.2) is 0 Å². The van der Waals surface area contributed by atoms with Crippen molar-refractivity contribution in [2.75, 3.05) is 33.7 Å². The van der Waals surface area contributed by atoms with E-state index in [9.17, 15) is 9.59 Å². The van der Waals surface area contributed by atoms with Gasteiger partial charge >= 0.3 is 5.69 Å². The Labute approximate surface area is 153 Å². The molecule has 1 unspecified atom stereocenters. The normalized spacial score (nSPS) is 17.7. The molecule has 0 N–H and O–H groups in total. The summed E-state index contributed by atoms with van der Waals surface area (Å²) >= 11 is 0. The second-order valence-corrected chi connectivity index (χ2v) is 6.99. The van der Waals surface area contributed by atoms with Crippen LogP contribution in [0.2, 0.25) is 0 Å². The van der Waals surface area contributed by atoms with Gasteiger partial charge in [-0.1, -0.05) is 0 Å². The lowest BCUT2D eigenvalue weighted by molar-refractivity contribution is -0.133. The van der Waals surface area contributed by atoms with Crippen molar-refractivity contribution >= 4 is 5.91 Å². The lowest BCUT2D eigenvalue weighted by Gasteiger charge is -2.33. The van der Waals surface area contributed by atoms with Crippen molar-refractivity contribution in [1.82, 2.24) is 28.9 Å². The average molecular weight is 358 g/mol. The smallest absolute Gasteiger partial charge is 0.340 e. The van der Waals surface area contributed by atoms with Gasteiger partial charge in [-0.25, -0.2) is 14.8 Å². The van der Waals surface area contributed by atoms with Gasteiger partial charge in [-0.05, 0) is 33.0 Å². The number of hydrogen-bond donors (Lipinski definition) is 0. The molecule has 3 rings (SSSR count). The molecule has 140 valence electrons. The molecule has 1 aliphatic rings. The highest BCUT2D eigenvalue weighted by atomic mass is 16.2. The van der Waals surface area contributed by atoms with Crippen LogP contribution in [0.25, 0.3) is 0 Å². The van der Waals surface area contributed by atoms with E-state index in [-0.39, 0.29) is 18.4 Å². The Bertz CT molecular complexity index is 797. The monoisotopic (exact) mass is 358 g/mol. The highest BCUT2D eigenvalue weighted by Gasteiger charge is 2.27. The van der Waals surface area contributed by atoms with E-state index in [1.165, 1.54) is 10.8 Å². The summed E-state index contributed by atoms with van der Waals surface area (Å²) in [6, 6.07) is 1.66. The number of rotatable bonds is 6. The molecule has 0 spiro atoms. The van der Waals surface area contributed by atoms with Crippen molar-refractivity contribution in [1.29, 1.82) is 0 Å². The van der Waals surface area contributed by atoms with Crippen molar-refractivity contribution in [2.24, 2.45) is 0 Å². The first-order valence-electron chi connectivity index (χ1n) is 8.99. The first-order chi connectivity index (χ1) is 12.5. The zero-order chi connectivity index (χ0) is 18.5. The Hall–Kier alpha value is -2.48. The van der Waals surface area contributed by atoms with Gasteiger partial charge in [0, 0.05) is 56.9 Å². The van der Waals surface area contributed by atoms with Crippen molar-refractivity contribution in [3.8, 4) is 0 Å². The van der Waals surface area contributed by atoms with Gasteiger partial charge in [0.25, 0.3) is 0 Å². The van der Waals surface area contributed by atoms with Gasteiger partial charge in [-0.3, -0.25) is 9.36 Å². The first-order valence-corrected chi connectivity index (χ1v) is 8.99. The van der Waals surface area contributed by atoms with E-state index in [4.69, 9.17) is 0 Å². The molecule has 2 aromatic rings. The van der Waals surface area contributed by atoms with Crippen LogP contribution in [0, 0.1) is 0 Å². The fraction of sp³-hybridized carbons (Fsp3) is 0.556. The molecule has 0 bridgehead atoms. The van der Waals surface area contributed by atoms with Crippen LogP contribution in [0.4, 0.5) is 0 Å². The average Bonchev–Trinajstić information content (AvgIpc) is 3.10. The van der Waals surface area contributed by atoms with Crippen LogP contribution in [0.1, 0.15) is 24.6 Å². The third-order valence-electron chi connectivity index (χ3n) is 4.76. The third kappa shape index (κ3) is 4.37. The molecule has 8 heteroatoms. The number of carbonyl (C=O) groups is 1. The molecule has 0 radical (unpaired) electrons. The molecule has 3 heterocycles. The van der Waals surface area contributed by atoms with Gasteiger partial charge in [0.05, 0.1) is 0 Å². The number of aromatic nitrogens is 4. The zero-order valence-electron chi connectivity index (χ0n) is 15.4. The Balaban J connectivity index is 1.66. The molecule has 1 fully saturated rings. The van der Waals surface area contributed by atoms with E-state index in [1.54, 1.807) is 12.3 Å². The number of carbonyl (C=O) groups excluding carboxylic acids is 1. The Morgan fingerprint density at radius 2 is 2.08 bits per heavy atom. The predicted molar refractivity (Wildman–Crippen MR) is 97.8 cm³/mol. The van der Waals surface area contributed by atoms with Gasteiger partial charge in [0.2, 0.25) is 5.91 Å². The largest absolute Gasteiger partial charge is 0.347 e. The van der Waals surface area contributed by atoms with Crippen LogP contribution in [0.3, 0.4) is 0 Å². The van der Waals surface area contributed by atoms with E-state index in [2.05, 4.69) is 33.5 Å². The first kappa shape index (κ1) is 18.3. The summed E-state index contributed by atoms with van der Waals surface area (Å²) in [4.78, 5) is 36.6. The number of likely N-dealkylation sites (N-methyl/N-ethyl adjacent to an activating group) is 1. The molecule has 2 aromatic heterocycles. The van der Waals surface area contributed by atoms with Gasteiger partial charge in [0.1, 0.15) is 12.4 Å². The second kappa shape index (κ2) is 8.27. The summed E-state index contributed by atoms with van der Waals surface area (Å²) < 4.78 is 3.54. The molecule has 0 aromatic carbocycles. The fourth-order valence-electron chi connectivity index (χ4n) is 3.35. The van der Waals surface area contributed by atoms with Crippen LogP contribution >= 0.6 is 0 Å². The summed E-state index contributed by atoms with van der Waals surface area (Å²) in [7, 11) is 4.11. The summed E-state index contributed by atoms with van der Waals surface area (Å²) in [5.74, 6) is 1.23. The molecule has 8 nitrogen and oxygen atoms in total. The lowest BCUT2D eigenvalue weighted by Crippen LogP contribution is -2.42. The number of imidazole rings is 1. The van der Waals surface area contributed by atoms with Crippen LogP contribution < -0.4 is 5.69 Å². The summed E-state index contributed by atoms with van der Waals surface area (Å²) in [5, 5.41) is 0. The number of amides is 1. The van der Waals surface area contributed by atoms with Crippen molar-refractivity contribution in [3.63, 3.8) is 0 Å². The minimum absolute atomic E-state index is 0.0362. The molecule has 1 saturated heterocycles. The molecule has 26 heavy (non-hydrogen) atoms. The third-order valence-corrected chi connectivity index (χ3v) is 4.76. The highest BCUT2D eigenvalue weighted by Crippen LogP contribution is 2.26. The topological polar surface area (TPSA) is 76.3 Å². The summed E-state index contributed by atoms with van der Waals surface area (Å²) in [6.45, 7) is 3.24. The van der Waals surface area contributed by atoms with Crippen LogP contribution in [0.15, 0.2) is 35.6 Å². The zero-order valence-corrected chi connectivity index (χ0v) is 15.4. The highest BCUT2D eigenvalue weighted by molar-refractivity contribution is 5.76. The van der Waals surface area contributed by atoms with Crippen LogP contribution in [-0.2, 0) is 17.9 Å². The number of hydrogen-bond acceptors (Lipinski definition) is 5. The minimum atomic E-state index is -0.395. The number of nitrogens with zero attached hydrogens (tertiary/aromatic N) is 6. The standard InChI is InChI=1S/C18H26N6O2/c1-21(2)11-12-22-10-7-19-17(22)15-5-3-8-23(13-15)16(25)14-24-9-4-6-20-18(24)26/h4,6-7,9-10,15H,3,5,8,11-14H2,1-2H3. The second-order valence-electron chi connectivity index (χ2n) is 6.99. The lowest BCUT2D eigenvalue weighted by atomic mass is 9.97. The summed E-state index contributed by atoms with van der Waals surface area (Å²) in [6.07, 6.45) is 8.85. The van der Waals surface area contributed by atoms with Crippen LogP contribution in [-0.4, -0.2) is 68.5 Å². The summed E-state index contributed by atoms with van der Waals surface area (Å²) in [5.41, 5.74) is -0.395. The maximum Gasteiger partial charge on any atom is 0.347 e. The molecular formula is C18H26N6O2. The van der Waals surface area contributed by atoms with Crippen molar-refractivity contribution < 1.29 is 4.79 Å². The number of likely N-dealkylation sites (tertiary alicyclic amines) is 1. The van der Waals surface area contributed by atoms with E-state index in [0.29, 0.717) is 6.54 Å². The predicted octanol–water partition coefficient (Wildman–Crippen LogP) is 0.408.